The van der Waals surface area contributed by atoms with Crippen LogP contribution in [0.2, 0.25) is 0 Å². The molecule has 1 rings (SSSR count). The summed E-state index contributed by atoms with van der Waals surface area (Å²) in [6, 6.07) is 0.888. The zero-order valence-corrected chi connectivity index (χ0v) is 16.2. The molecule has 1 unspecified atom stereocenters. The molecule has 0 aromatic rings. The standard InChI is InChI=1S/C20H39NO/c1-8-10-11-16(9-2)21(18(22)19(3,4)5)17-12-14-20(6,7)15-13-17/h16-17H,8-15H2,1-7H3. The Labute approximate surface area is 139 Å². The Balaban J connectivity index is 2.93. The van der Waals surface area contributed by atoms with Crippen molar-refractivity contribution in [2.24, 2.45) is 10.8 Å². The molecule has 0 saturated heterocycles. The molecular weight excluding hydrogens is 270 g/mol. The molecule has 2 heteroatoms. The molecule has 1 amide bonds. The topological polar surface area (TPSA) is 20.3 Å². The second kappa shape index (κ2) is 7.84. The molecule has 1 aliphatic carbocycles. The lowest BCUT2D eigenvalue weighted by Crippen LogP contribution is -2.52. The minimum Gasteiger partial charge on any atom is -0.336 e. The summed E-state index contributed by atoms with van der Waals surface area (Å²) in [7, 11) is 0. The van der Waals surface area contributed by atoms with Crippen LogP contribution in [0, 0.1) is 10.8 Å². The maximum Gasteiger partial charge on any atom is 0.228 e. The van der Waals surface area contributed by atoms with E-state index in [4.69, 9.17) is 0 Å². The second-order valence-electron chi connectivity index (χ2n) is 9.06. The summed E-state index contributed by atoms with van der Waals surface area (Å²) in [5.41, 5.74) is 0.185. The van der Waals surface area contributed by atoms with Gasteiger partial charge < -0.3 is 4.90 Å². The third kappa shape index (κ3) is 5.28. The smallest absolute Gasteiger partial charge is 0.228 e. The van der Waals surface area contributed by atoms with Crippen LogP contribution in [0.1, 0.15) is 99.8 Å². The SMILES string of the molecule is CCCCC(CC)N(C(=O)C(C)(C)C)C1CCC(C)(C)CC1. The Morgan fingerprint density at radius 1 is 1.18 bits per heavy atom. The average Bonchev–Trinajstić information content (AvgIpc) is 2.42. The minimum absolute atomic E-state index is 0.271. The molecule has 1 aliphatic rings. The predicted molar refractivity (Wildman–Crippen MR) is 95.9 cm³/mol. The molecule has 0 aromatic heterocycles. The number of hydrogen-bond acceptors (Lipinski definition) is 1. The van der Waals surface area contributed by atoms with Crippen molar-refractivity contribution in [3.63, 3.8) is 0 Å². The van der Waals surface area contributed by atoms with E-state index >= 15 is 0 Å². The number of rotatable bonds is 6. The van der Waals surface area contributed by atoms with Crippen LogP contribution in [-0.4, -0.2) is 22.9 Å². The second-order valence-corrected chi connectivity index (χ2v) is 9.06. The highest BCUT2D eigenvalue weighted by atomic mass is 16.2. The summed E-state index contributed by atoms with van der Waals surface area (Å²) in [6.07, 6.45) is 9.54. The molecule has 1 atom stereocenters. The summed E-state index contributed by atoms with van der Waals surface area (Å²) in [5.74, 6) is 0.361. The number of amides is 1. The number of carbonyl (C=O) groups is 1. The molecule has 0 heterocycles. The van der Waals surface area contributed by atoms with Crippen molar-refractivity contribution in [3.8, 4) is 0 Å². The Morgan fingerprint density at radius 3 is 2.14 bits per heavy atom. The lowest BCUT2D eigenvalue weighted by Gasteiger charge is -2.45. The lowest BCUT2D eigenvalue weighted by atomic mass is 9.74. The fourth-order valence-corrected chi connectivity index (χ4v) is 3.66. The van der Waals surface area contributed by atoms with E-state index in [1.807, 2.05) is 0 Å². The van der Waals surface area contributed by atoms with Crippen LogP contribution in [0.15, 0.2) is 0 Å². The van der Waals surface area contributed by atoms with Crippen LogP contribution in [0.4, 0.5) is 0 Å². The van der Waals surface area contributed by atoms with Gasteiger partial charge in [0.1, 0.15) is 0 Å². The van der Waals surface area contributed by atoms with Crippen molar-refractivity contribution in [3.05, 3.63) is 0 Å². The highest BCUT2D eigenvalue weighted by Gasteiger charge is 2.38. The van der Waals surface area contributed by atoms with E-state index < -0.39 is 0 Å². The largest absolute Gasteiger partial charge is 0.336 e. The number of nitrogens with zero attached hydrogens (tertiary/aromatic N) is 1. The molecule has 0 radical (unpaired) electrons. The zero-order chi connectivity index (χ0) is 17.0. The third-order valence-electron chi connectivity index (χ3n) is 5.33. The van der Waals surface area contributed by atoms with E-state index in [2.05, 4.69) is 53.4 Å². The van der Waals surface area contributed by atoms with Crippen molar-refractivity contribution in [2.75, 3.05) is 0 Å². The summed E-state index contributed by atoms with van der Waals surface area (Å²) < 4.78 is 0. The molecule has 1 fully saturated rings. The Morgan fingerprint density at radius 2 is 1.73 bits per heavy atom. The van der Waals surface area contributed by atoms with Crippen molar-refractivity contribution in [2.45, 2.75) is 112 Å². The first-order valence-electron chi connectivity index (χ1n) is 9.45. The summed E-state index contributed by atoms with van der Waals surface area (Å²) in [4.78, 5) is 15.4. The van der Waals surface area contributed by atoms with E-state index in [9.17, 15) is 4.79 Å². The highest BCUT2D eigenvalue weighted by Crippen LogP contribution is 2.39. The fraction of sp³-hybridized carbons (Fsp3) is 0.950. The maximum absolute atomic E-state index is 13.1. The Kier molecular flexibility index (Phi) is 6.95. The van der Waals surface area contributed by atoms with Gasteiger partial charge in [0.15, 0.2) is 0 Å². The Hall–Kier alpha value is -0.530. The normalized spacial score (nSPS) is 20.7. The summed E-state index contributed by atoms with van der Waals surface area (Å²) >= 11 is 0. The van der Waals surface area contributed by atoms with Crippen LogP contribution >= 0.6 is 0 Å². The monoisotopic (exact) mass is 309 g/mol. The van der Waals surface area contributed by atoms with Crippen molar-refractivity contribution in [1.29, 1.82) is 0 Å². The van der Waals surface area contributed by atoms with Crippen molar-refractivity contribution < 1.29 is 4.79 Å². The van der Waals surface area contributed by atoms with Crippen LogP contribution < -0.4 is 0 Å². The maximum atomic E-state index is 13.1. The van der Waals surface area contributed by atoms with Gasteiger partial charge in [0.25, 0.3) is 0 Å². The van der Waals surface area contributed by atoms with Gasteiger partial charge in [-0.3, -0.25) is 4.79 Å². The van der Waals surface area contributed by atoms with Gasteiger partial charge in [-0.2, -0.15) is 0 Å². The lowest BCUT2D eigenvalue weighted by molar-refractivity contribution is -0.146. The number of hydrogen-bond donors (Lipinski definition) is 0. The quantitative estimate of drug-likeness (QED) is 0.607. The van der Waals surface area contributed by atoms with Gasteiger partial charge in [-0.15, -0.1) is 0 Å². The molecule has 0 aliphatic heterocycles. The molecule has 0 spiro atoms. The van der Waals surface area contributed by atoms with Crippen molar-refractivity contribution in [1.82, 2.24) is 4.90 Å². The van der Waals surface area contributed by atoms with Gasteiger partial charge in [0.2, 0.25) is 5.91 Å². The molecular formula is C20H39NO. The zero-order valence-electron chi connectivity index (χ0n) is 16.2. The van der Waals surface area contributed by atoms with Crippen LogP contribution in [0.5, 0.6) is 0 Å². The fourth-order valence-electron chi connectivity index (χ4n) is 3.66. The Bertz CT molecular complexity index is 343. The molecule has 0 N–H and O–H groups in total. The van der Waals surface area contributed by atoms with Gasteiger partial charge in [0, 0.05) is 17.5 Å². The van der Waals surface area contributed by atoms with Crippen LogP contribution in [0.3, 0.4) is 0 Å². The van der Waals surface area contributed by atoms with Gasteiger partial charge in [-0.05, 0) is 43.9 Å². The van der Waals surface area contributed by atoms with Gasteiger partial charge in [-0.1, -0.05) is 61.3 Å². The minimum atomic E-state index is -0.271. The number of carbonyl (C=O) groups excluding carboxylic acids is 1. The predicted octanol–water partition coefficient (Wildman–Crippen LogP) is 5.80. The molecule has 22 heavy (non-hydrogen) atoms. The molecule has 130 valence electrons. The molecule has 2 nitrogen and oxygen atoms in total. The van der Waals surface area contributed by atoms with E-state index in [0.717, 1.165) is 12.8 Å². The molecule has 1 saturated carbocycles. The van der Waals surface area contributed by atoms with Crippen LogP contribution in [0.25, 0.3) is 0 Å². The van der Waals surface area contributed by atoms with E-state index in [-0.39, 0.29) is 5.41 Å². The van der Waals surface area contributed by atoms with Gasteiger partial charge >= 0.3 is 0 Å². The van der Waals surface area contributed by atoms with E-state index in [0.29, 0.717) is 23.4 Å². The summed E-state index contributed by atoms with van der Waals surface area (Å²) in [6.45, 7) is 15.4. The van der Waals surface area contributed by atoms with Gasteiger partial charge in [-0.25, -0.2) is 0 Å². The van der Waals surface area contributed by atoms with E-state index in [1.54, 1.807) is 0 Å². The number of unbranched alkanes of at least 4 members (excludes halogenated alkanes) is 1. The first-order chi connectivity index (χ1) is 10.1. The summed E-state index contributed by atoms with van der Waals surface area (Å²) in [5, 5.41) is 0. The van der Waals surface area contributed by atoms with Crippen molar-refractivity contribution >= 4 is 5.91 Å². The first kappa shape index (κ1) is 19.5. The van der Waals surface area contributed by atoms with Gasteiger partial charge in [0.05, 0.1) is 0 Å². The van der Waals surface area contributed by atoms with Crippen LogP contribution in [-0.2, 0) is 4.79 Å². The molecule has 0 bridgehead atoms. The third-order valence-corrected chi connectivity index (χ3v) is 5.33. The molecule has 0 aromatic carbocycles. The average molecular weight is 310 g/mol. The first-order valence-corrected chi connectivity index (χ1v) is 9.45. The van der Waals surface area contributed by atoms with E-state index in [1.165, 1.54) is 38.5 Å². The highest BCUT2D eigenvalue weighted by molar-refractivity contribution is 5.82.